The molecule has 2 rings (SSSR count). The molecule has 2 aromatic rings. The van der Waals surface area contributed by atoms with Crippen molar-refractivity contribution in [2.75, 3.05) is 5.73 Å². The van der Waals surface area contributed by atoms with Gasteiger partial charge in [0.2, 0.25) is 0 Å². The van der Waals surface area contributed by atoms with Crippen molar-refractivity contribution in [1.82, 2.24) is 0 Å². The first-order chi connectivity index (χ1) is 8.88. The molecule has 0 atom stereocenters. The van der Waals surface area contributed by atoms with Crippen molar-refractivity contribution >= 4 is 17.3 Å². The van der Waals surface area contributed by atoms with E-state index >= 15 is 0 Å². The van der Waals surface area contributed by atoms with Gasteiger partial charge in [-0.25, -0.2) is 0 Å². The van der Waals surface area contributed by atoms with E-state index in [0.29, 0.717) is 5.75 Å². The molecule has 100 valence electrons. The number of anilines is 1. The number of nitrogens with two attached hydrogens (primary N) is 1. The number of halogens is 4. The molecule has 0 radical (unpaired) electrons. The maximum absolute atomic E-state index is 12.6. The number of benzene rings is 2. The highest BCUT2D eigenvalue weighted by molar-refractivity contribution is 6.32. The molecule has 0 unspecified atom stereocenters. The van der Waals surface area contributed by atoms with E-state index in [-0.39, 0.29) is 16.5 Å². The molecule has 0 spiro atoms. The predicted octanol–water partition coefficient (Wildman–Crippen LogP) is 4.73. The van der Waals surface area contributed by atoms with Gasteiger partial charge in [-0.2, -0.15) is 13.2 Å². The highest BCUT2D eigenvalue weighted by atomic mass is 35.5. The molecule has 2 nitrogen and oxygen atoms in total. The van der Waals surface area contributed by atoms with E-state index in [1.54, 1.807) is 30.3 Å². The van der Waals surface area contributed by atoms with Crippen LogP contribution in [0.1, 0.15) is 5.56 Å². The van der Waals surface area contributed by atoms with E-state index in [1.165, 1.54) is 0 Å². The molecule has 6 heteroatoms. The predicted molar refractivity (Wildman–Crippen MR) is 67.4 cm³/mol. The summed E-state index contributed by atoms with van der Waals surface area (Å²) in [5.74, 6) is 0.455. The SMILES string of the molecule is Nc1cc(C(F)(F)F)cc(Cl)c1Oc1ccccc1. The minimum Gasteiger partial charge on any atom is -0.454 e. The van der Waals surface area contributed by atoms with Crippen LogP contribution in [0.4, 0.5) is 18.9 Å². The Balaban J connectivity index is 2.38. The summed E-state index contributed by atoms with van der Waals surface area (Å²) in [6, 6.07) is 10.1. The largest absolute Gasteiger partial charge is 0.454 e. The number of hydrogen-bond acceptors (Lipinski definition) is 2. The summed E-state index contributed by atoms with van der Waals surface area (Å²) in [6.07, 6.45) is -4.50. The molecule has 0 heterocycles. The lowest BCUT2D eigenvalue weighted by Crippen LogP contribution is -2.06. The standard InChI is InChI=1S/C13H9ClF3NO/c14-10-6-8(13(15,16)17)7-11(18)12(10)19-9-4-2-1-3-5-9/h1-7H,18H2. The monoisotopic (exact) mass is 287 g/mol. The highest BCUT2D eigenvalue weighted by Crippen LogP contribution is 2.40. The third-order valence-corrected chi connectivity index (χ3v) is 2.64. The van der Waals surface area contributed by atoms with Gasteiger partial charge in [-0.1, -0.05) is 29.8 Å². The fourth-order valence-electron chi connectivity index (χ4n) is 1.49. The Hall–Kier alpha value is -1.88. The summed E-state index contributed by atoms with van der Waals surface area (Å²) in [4.78, 5) is 0. The molecule has 0 aliphatic rings. The van der Waals surface area contributed by atoms with Gasteiger partial charge in [0.25, 0.3) is 0 Å². The lowest BCUT2D eigenvalue weighted by molar-refractivity contribution is -0.137. The van der Waals surface area contributed by atoms with E-state index in [2.05, 4.69) is 0 Å². The molecule has 19 heavy (non-hydrogen) atoms. The Bertz CT molecular complexity index is 561. The van der Waals surface area contributed by atoms with Gasteiger partial charge in [-0.15, -0.1) is 0 Å². The second-order valence-corrected chi connectivity index (χ2v) is 4.20. The smallest absolute Gasteiger partial charge is 0.416 e. The molecular formula is C13H9ClF3NO. The molecule has 0 aliphatic heterocycles. The van der Waals surface area contributed by atoms with Gasteiger partial charge in [0.15, 0.2) is 5.75 Å². The van der Waals surface area contributed by atoms with Crippen molar-refractivity contribution in [3.63, 3.8) is 0 Å². The van der Waals surface area contributed by atoms with E-state index < -0.39 is 11.7 Å². The van der Waals surface area contributed by atoms with Crippen LogP contribution >= 0.6 is 11.6 Å². The highest BCUT2D eigenvalue weighted by Gasteiger charge is 2.32. The first-order valence-corrected chi connectivity index (χ1v) is 5.65. The summed E-state index contributed by atoms with van der Waals surface area (Å²) in [7, 11) is 0. The number of para-hydroxylation sites is 1. The van der Waals surface area contributed by atoms with Gasteiger partial charge in [0, 0.05) is 0 Å². The molecule has 0 bridgehead atoms. The van der Waals surface area contributed by atoms with Crippen LogP contribution in [-0.4, -0.2) is 0 Å². The fourth-order valence-corrected chi connectivity index (χ4v) is 1.76. The number of nitrogen functional groups attached to an aromatic ring is 1. The fraction of sp³-hybridized carbons (Fsp3) is 0.0769. The first kappa shape index (κ1) is 13.5. The Morgan fingerprint density at radius 1 is 1.05 bits per heavy atom. The normalized spacial score (nSPS) is 11.4. The molecule has 0 aromatic heterocycles. The van der Waals surface area contributed by atoms with Crippen LogP contribution in [0, 0.1) is 0 Å². The van der Waals surface area contributed by atoms with Gasteiger partial charge in [-0.3, -0.25) is 0 Å². The lowest BCUT2D eigenvalue weighted by Gasteiger charge is -2.13. The average Bonchev–Trinajstić information content (AvgIpc) is 2.33. The lowest BCUT2D eigenvalue weighted by atomic mass is 10.2. The third-order valence-electron chi connectivity index (χ3n) is 2.36. The quantitative estimate of drug-likeness (QED) is 0.810. The topological polar surface area (TPSA) is 35.2 Å². The van der Waals surface area contributed by atoms with Crippen LogP contribution in [-0.2, 0) is 6.18 Å². The zero-order chi connectivity index (χ0) is 14.0. The Morgan fingerprint density at radius 2 is 1.68 bits per heavy atom. The molecular weight excluding hydrogens is 279 g/mol. The molecule has 0 fully saturated rings. The van der Waals surface area contributed by atoms with Crippen LogP contribution < -0.4 is 10.5 Å². The zero-order valence-electron chi connectivity index (χ0n) is 9.54. The van der Waals surface area contributed by atoms with Crippen molar-refractivity contribution in [2.24, 2.45) is 0 Å². The average molecular weight is 288 g/mol. The van der Waals surface area contributed by atoms with Crippen LogP contribution in [0.3, 0.4) is 0 Å². The van der Waals surface area contributed by atoms with E-state index in [4.69, 9.17) is 22.1 Å². The summed E-state index contributed by atoms with van der Waals surface area (Å²) < 4.78 is 43.0. The van der Waals surface area contributed by atoms with E-state index in [9.17, 15) is 13.2 Å². The van der Waals surface area contributed by atoms with E-state index in [1.807, 2.05) is 0 Å². The van der Waals surface area contributed by atoms with Crippen molar-refractivity contribution < 1.29 is 17.9 Å². The summed E-state index contributed by atoms with van der Waals surface area (Å²) in [5.41, 5.74) is 4.49. The Morgan fingerprint density at radius 3 is 2.21 bits per heavy atom. The minimum atomic E-state index is -4.50. The molecule has 2 aromatic carbocycles. The van der Waals surface area contributed by atoms with Crippen molar-refractivity contribution in [1.29, 1.82) is 0 Å². The first-order valence-electron chi connectivity index (χ1n) is 5.27. The maximum Gasteiger partial charge on any atom is 0.416 e. The van der Waals surface area contributed by atoms with Gasteiger partial charge in [-0.05, 0) is 24.3 Å². The summed E-state index contributed by atoms with van der Waals surface area (Å²) in [6.45, 7) is 0. The second-order valence-electron chi connectivity index (χ2n) is 3.79. The molecule has 0 amide bonds. The summed E-state index contributed by atoms with van der Waals surface area (Å²) >= 11 is 5.79. The number of rotatable bonds is 2. The van der Waals surface area contributed by atoms with Crippen LogP contribution in [0.2, 0.25) is 5.02 Å². The van der Waals surface area contributed by atoms with Gasteiger partial charge in [0.1, 0.15) is 5.75 Å². The Labute approximate surface area is 112 Å². The number of ether oxygens (including phenoxy) is 1. The van der Waals surface area contributed by atoms with Crippen LogP contribution in [0.5, 0.6) is 11.5 Å². The maximum atomic E-state index is 12.6. The number of alkyl halides is 3. The second kappa shape index (κ2) is 5.01. The van der Waals surface area contributed by atoms with Gasteiger partial charge < -0.3 is 10.5 Å². The third kappa shape index (κ3) is 3.12. The molecule has 0 saturated carbocycles. The van der Waals surface area contributed by atoms with Crippen LogP contribution in [0.25, 0.3) is 0 Å². The van der Waals surface area contributed by atoms with Crippen molar-refractivity contribution in [2.45, 2.75) is 6.18 Å². The number of hydrogen-bond donors (Lipinski definition) is 1. The van der Waals surface area contributed by atoms with E-state index in [0.717, 1.165) is 12.1 Å². The van der Waals surface area contributed by atoms with Gasteiger partial charge >= 0.3 is 6.18 Å². The zero-order valence-corrected chi connectivity index (χ0v) is 10.3. The van der Waals surface area contributed by atoms with Crippen molar-refractivity contribution in [3.05, 3.63) is 53.1 Å². The Kier molecular flexibility index (Phi) is 3.57. The van der Waals surface area contributed by atoms with Crippen LogP contribution in [0.15, 0.2) is 42.5 Å². The van der Waals surface area contributed by atoms with Gasteiger partial charge in [0.05, 0.1) is 16.3 Å². The summed E-state index contributed by atoms with van der Waals surface area (Å²) in [5, 5.41) is -0.184. The minimum absolute atomic E-state index is 0.0147. The van der Waals surface area contributed by atoms with Crippen molar-refractivity contribution in [3.8, 4) is 11.5 Å². The molecule has 2 N–H and O–H groups in total. The molecule has 0 aliphatic carbocycles. The molecule has 0 saturated heterocycles.